The fourth-order valence-corrected chi connectivity index (χ4v) is 1.57. The highest BCUT2D eigenvalue weighted by Gasteiger charge is 2.70. The lowest BCUT2D eigenvalue weighted by molar-refractivity contribution is -0.266. The van der Waals surface area contributed by atoms with Crippen LogP contribution in [0.1, 0.15) is 5.56 Å². The third-order valence-corrected chi connectivity index (χ3v) is 3.63. The number of methoxy groups -OCH3 is 1. The number of rotatable bonds is 2. The number of hydrogen-bond acceptors (Lipinski definition) is 1. The SMILES string of the molecule is COc1ccc(C(Br)(C(F)(F)F)C(F)(F)F)cc1. The van der Waals surface area contributed by atoms with E-state index in [0.717, 1.165) is 12.1 Å². The summed E-state index contributed by atoms with van der Waals surface area (Å²) in [4.78, 5) is 0. The van der Waals surface area contributed by atoms with Crippen molar-refractivity contribution in [3.8, 4) is 5.75 Å². The number of halogens is 7. The van der Waals surface area contributed by atoms with Gasteiger partial charge in [0.25, 0.3) is 0 Å². The van der Waals surface area contributed by atoms with Gasteiger partial charge in [-0.2, -0.15) is 26.3 Å². The molecule has 0 amide bonds. The summed E-state index contributed by atoms with van der Waals surface area (Å²) < 4.78 is 76.6. The Balaban J connectivity index is 3.36. The summed E-state index contributed by atoms with van der Waals surface area (Å²) in [5, 5.41) is 0. The van der Waals surface area contributed by atoms with Crippen LogP contribution >= 0.6 is 15.9 Å². The summed E-state index contributed by atoms with van der Waals surface area (Å²) in [5.41, 5.74) is -0.955. The Morgan fingerprint density at radius 2 is 1.28 bits per heavy atom. The summed E-state index contributed by atoms with van der Waals surface area (Å²) in [5.74, 6) is 0.165. The van der Waals surface area contributed by atoms with Gasteiger partial charge in [0.05, 0.1) is 7.11 Å². The molecule has 0 saturated carbocycles. The molecule has 8 heteroatoms. The molecule has 0 saturated heterocycles. The molecule has 0 atom stereocenters. The van der Waals surface area contributed by atoms with Crippen LogP contribution in [0, 0.1) is 0 Å². The molecule has 0 fully saturated rings. The van der Waals surface area contributed by atoms with Crippen molar-refractivity contribution in [3.05, 3.63) is 29.8 Å². The van der Waals surface area contributed by atoms with Gasteiger partial charge in [0.2, 0.25) is 4.32 Å². The molecular formula is C10H7BrF6O. The van der Waals surface area contributed by atoms with Gasteiger partial charge in [-0.3, -0.25) is 0 Å². The van der Waals surface area contributed by atoms with Crippen LogP contribution in [0.5, 0.6) is 5.75 Å². The summed E-state index contributed by atoms with van der Waals surface area (Å²) in [6.45, 7) is 0. The maximum absolute atomic E-state index is 12.7. The van der Waals surface area contributed by atoms with Crippen molar-refractivity contribution in [3.63, 3.8) is 0 Å². The van der Waals surface area contributed by atoms with Gasteiger partial charge in [-0.1, -0.05) is 28.1 Å². The van der Waals surface area contributed by atoms with E-state index in [1.54, 1.807) is 15.9 Å². The van der Waals surface area contributed by atoms with Crippen molar-refractivity contribution in [2.45, 2.75) is 16.7 Å². The highest BCUT2D eigenvalue weighted by molar-refractivity contribution is 9.09. The molecule has 1 aromatic carbocycles. The van der Waals surface area contributed by atoms with Crippen LogP contribution in [-0.2, 0) is 4.32 Å². The maximum atomic E-state index is 12.7. The zero-order valence-corrected chi connectivity index (χ0v) is 10.4. The molecule has 0 aliphatic carbocycles. The van der Waals surface area contributed by atoms with E-state index in [1.807, 2.05) is 0 Å². The fourth-order valence-electron chi connectivity index (χ4n) is 1.31. The lowest BCUT2D eigenvalue weighted by atomic mass is 9.97. The van der Waals surface area contributed by atoms with E-state index in [-0.39, 0.29) is 5.75 Å². The quantitative estimate of drug-likeness (QED) is 0.574. The van der Waals surface area contributed by atoms with Crippen molar-refractivity contribution in [2.24, 2.45) is 0 Å². The van der Waals surface area contributed by atoms with Crippen LogP contribution in [0.15, 0.2) is 24.3 Å². The van der Waals surface area contributed by atoms with Crippen molar-refractivity contribution >= 4 is 15.9 Å². The molecule has 0 bridgehead atoms. The van der Waals surface area contributed by atoms with Crippen LogP contribution in [0.2, 0.25) is 0 Å². The van der Waals surface area contributed by atoms with Crippen molar-refractivity contribution < 1.29 is 31.1 Å². The Kier molecular flexibility index (Phi) is 3.90. The third kappa shape index (κ3) is 2.43. The van der Waals surface area contributed by atoms with Gasteiger partial charge in [-0.25, -0.2) is 0 Å². The molecule has 1 aromatic rings. The normalized spacial score (nSPS) is 13.6. The van der Waals surface area contributed by atoms with Crippen molar-refractivity contribution in [2.75, 3.05) is 7.11 Å². The van der Waals surface area contributed by atoms with Crippen molar-refractivity contribution in [1.29, 1.82) is 0 Å². The first kappa shape index (κ1) is 15.1. The van der Waals surface area contributed by atoms with Gasteiger partial charge in [0.1, 0.15) is 5.75 Å². The second-order valence-electron chi connectivity index (χ2n) is 3.38. The van der Waals surface area contributed by atoms with Crippen LogP contribution < -0.4 is 4.74 Å². The summed E-state index contributed by atoms with van der Waals surface area (Å²) in [7, 11) is 1.25. The molecular weight excluding hydrogens is 330 g/mol. The second kappa shape index (κ2) is 4.64. The first-order valence-electron chi connectivity index (χ1n) is 4.51. The topological polar surface area (TPSA) is 9.23 Å². The number of benzene rings is 1. The zero-order valence-electron chi connectivity index (χ0n) is 8.86. The molecule has 0 heterocycles. The van der Waals surface area contributed by atoms with E-state index < -0.39 is 22.2 Å². The van der Waals surface area contributed by atoms with Crippen LogP contribution in [0.4, 0.5) is 26.3 Å². The minimum absolute atomic E-state index is 0.165. The van der Waals surface area contributed by atoms with E-state index in [2.05, 4.69) is 4.74 Å². The Labute approximate surface area is 107 Å². The van der Waals surface area contributed by atoms with Gasteiger partial charge in [-0.05, 0) is 17.7 Å². The minimum Gasteiger partial charge on any atom is -0.497 e. The Bertz CT molecular complexity index is 394. The van der Waals surface area contributed by atoms with Gasteiger partial charge < -0.3 is 4.74 Å². The zero-order chi connectivity index (χ0) is 14.2. The Morgan fingerprint density at radius 1 is 0.889 bits per heavy atom. The molecule has 0 aromatic heterocycles. The summed E-state index contributed by atoms with van der Waals surface area (Å²) >= 11 is 1.79. The van der Waals surface area contributed by atoms with Crippen LogP contribution in [0.3, 0.4) is 0 Å². The van der Waals surface area contributed by atoms with E-state index in [4.69, 9.17) is 0 Å². The molecule has 0 aliphatic rings. The average molecular weight is 337 g/mol. The van der Waals surface area contributed by atoms with Crippen LogP contribution in [-0.4, -0.2) is 19.5 Å². The molecule has 1 rings (SSSR count). The Morgan fingerprint density at radius 3 is 1.56 bits per heavy atom. The lowest BCUT2D eigenvalue weighted by Crippen LogP contribution is -2.48. The minimum atomic E-state index is -5.51. The monoisotopic (exact) mass is 336 g/mol. The lowest BCUT2D eigenvalue weighted by Gasteiger charge is -2.32. The largest absolute Gasteiger partial charge is 0.497 e. The van der Waals surface area contributed by atoms with Crippen LogP contribution in [0.25, 0.3) is 0 Å². The van der Waals surface area contributed by atoms with Crippen molar-refractivity contribution in [1.82, 2.24) is 0 Å². The van der Waals surface area contributed by atoms with Gasteiger partial charge in [0, 0.05) is 0 Å². The first-order chi connectivity index (χ1) is 8.04. The fraction of sp³-hybridized carbons (Fsp3) is 0.400. The van der Waals surface area contributed by atoms with E-state index in [1.165, 1.54) is 7.11 Å². The van der Waals surface area contributed by atoms with Gasteiger partial charge >= 0.3 is 12.4 Å². The first-order valence-corrected chi connectivity index (χ1v) is 5.30. The molecule has 1 nitrogen and oxygen atoms in total. The predicted octanol–water partition coefficient (Wildman–Crippen LogP) is 4.41. The highest BCUT2D eigenvalue weighted by atomic mass is 79.9. The highest BCUT2D eigenvalue weighted by Crippen LogP contribution is 2.56. The van der Waals surface area contributed by atoms with E-state index >= 15 is 0 Å². The molecule has 0 unspecified atom stereocenters. The summed E-state index contributed by atoms with van der Waals surface area (Å²) in [6, 6.07) is 3.49. The average Bonchev–Trinajstić information content (AvgIpc) is 2.25. The number of hydrogen-bond donors (Lipinski definition) is 0. The standard InChI is InChI=1S/C10H7BrF6O/c1-18-7-4-2-6(3-5-7)8(11,9(12,13)14)10(15,16)17/h2-5H,1H3. The van der Waals surface area contributed by atoms with E-state index in [0.29, 0.717) is 12.1 Å². The molecule has 102 valence electrons. The Hall–Kier alpha value is -0.920. The van der Waals surface area contributed by atoms with E-state index in [9.17, 15) is 26.3 Å². The molecule has 0 spiro atoms. The molecule has 0 aliphatic heterocycles. The van der Waals surface area contributed by atoms with Gasteiger partial charge in [-0.15, -0.1) is 0 Å². The predicted molar refractivity (Wildman–Crippen MR) is 55.7 cm³/mol. The number of alkyl halides is 7. The second-order valence-corrected chi connectivity index (χ2v) is 4.57. The molecule has 0 N–H and O–H groups in total. The smallest absolute Gasteiger partial charge is 0.416 e. The maximum Gasteiger partial charge on any atom is 0.416 e. The summed E-state index contributed by atoms with van der Waals surface area (Å²) in [6.07, 6.45) is -11.0. The molecule has 0 radical (unpaired) electrons. The number of ether oxygens (including phenoxy) is 1. The third-order valence-electron chi connectivity index (χ3n) is 2.27. The van der Waals surface area contributed by atoms with Gasteiger partial charge in [0.15, 0.2) is 0 Å². The molecule has 18 heavy (non-hydrogen) atoms.